The van der Waals surface area contributed by atoms with Crippen molar-refractivity contribution in [2.75, 3.05) is 39.6 Å². The Balaban J connectivity index is 1.28. The number of epoxide rings is 2. The molecule has 5 heteroatoms. The van der Waals surface area contributed by atoms with Gasteiger partial charge < -0.3 is 18.9 Å². The van der Waals surface area contributed by atoms with Crippen molar-refractivity contribution < 1.29 is 18.9 Å². The third kappa shape index (κ3) is 2.97. The van der Waals surface area contributed by atoms with E-state index < -0.39 is 0 Å². The third-order valence-electron chi connectivity index (χ3n) is 5.39. The molecule has 2 aliphatic carbocycles. The molecule has 7 unspecified atom stereocenters. The summed E-state index contributed by atoms with van der Waals surface area (Å²) in [6.07, 6.45) is 3.39. The van der Waals surface area contributed by atoms with Gasteiger partial charge in [0.15, 0.2) is 0 Å². The molecule has 111 valence electrons. The van der Waals surface area contributed by atoms with Crippen LogP contribution in [-0.2, 0) is 18.9 Å². The molecule has 2 heterocycles. The second kappa shape index (κ2) is 5.69. The van der Waals surface area contributed by atoms with Gasteiger partial charge in [-0.3, -0.25) is 0 Å². The maximum absolute atomic E-state index is 5.89. The first-order chi connectivity index (χ1) is 9.81. The molecule has 2 saturated heterocycles. The minimum atomic E-state index is 0.370. The van der Waals surface area contributed by atoms with Crippen LogP contribution in [0.1, 0.15) is 12.8 Å². The molecular weight excluding hydrogens is 272 g/mol. The zero-order chi connectivity index (χ0) is 13.5. The average Bonchev–Trinajstić information content (AvgIpc) is 3.33. The van der Waals surface area contributed by atoms with Crippen LogP contribution in [-0.4, -0.2) is 62.1 Å². The van der Waals surface area contributed by atoms with Gasteiger partial charge in [0.2, 0.25) is 0 Å². The molecule has 2 bridgehead atoms. The summed E-state index contributed by atoms with van der Waals surface area (Å²) in [5, 5.41) is 0. The van der Waals surface area contributed by atoms with Gasteiger partial charge in [0.1, 0.15) is 12.2 Å². The van der Waals surface area contributed by atoms with Crippen LogP contribution in [0.15, 0.2) is 0 Å². The molecule has 0 spiro atoms. The number of hydrogen-bond acceptors (Lipinski definition) is 4. The first-order valence-electron chi connectivity index (χ1n) is 7.91. The van der Waals surface area contributed by atoms with Crippen molar-refractivity contribution in [3.63, 3.8) is 0 Å². The van der Waals surface area contributed by atoms with Gasteiger partial charge in [-0.05, 0) is 35.6 Å². The molecule has 0 aromatic rings. The molecule has 0 aromatic carbocycles. The van der Waals surface area contributed by atoms with Gasteiger partial charge in [0.05, 0.1) is 39.6 Å². The van der Waals surface area contributed by atoms with E-state index in [0.717, 1.165) is 51.5 Å². The Kier molecular flexibility index (Phi) is 3.90. The molecule has 2 aliphatic heterocycles. The van der Waals surface area contributed by atoms with Crippen LogP contribution in [0.3, 0.4) is 0 Å². The molecule has 4 fully saturated rings. The quantitative estimate of drug-likeness (QED) is 0.496. The molecule has 4 nitrogen and oxygen atoms in total. The fourth-order valence-corrected chi connectivity index (χ4v) is 4.79. The van der Waals surface area contributed by atoms with Crippen molar-refractivity contribution in [2.45, 2.75) is 30.6 Å². The van der Waals surface area contributed by atoms with Gasteiger partial charge in [-0.25, -0.2) is 0 Å². The maximum atomic E-state index is 5.89. The molecule has 20 heavy (non-hydrogen) atoms. The van der Waals surface area contributed by atoms with Crippen molar-refractivity contribution >= 4 is 10.2 Å². The Bertz CT molecular complexity index is 345. The Morgan fingerprint density at radius 2 is 1.45 bits per heavy atom. The average molecular weight is 295 g/mol. The fraction of sp³-hybridized carbons (Fsp3) is 1.00. The molecular formula is C15H23O4Si. The summed E-state index contributed by atoms with van der Waals surface area (Å²) in [6.45, 7) is 5.06. The highest BCUT2D eigenvalue weighted by Gasteiger charge is 2.51. The molecule has 0 amide bonds. The Morgan fingerprint density at radius 1 is 0.850 bits per heavy atom. The fourth-order valence-electron chi connectivity index (χ4n) is 4.11. The summed E-state index contributed by atoms with van der Waals surface area (Å²) >= 11 is 0. The van der Waals surface area contributed by atoms with Crippen LogP contribution < -0.4 is 0 Å². The highest BCUT2D eigenvalue weighted by Crippen LogP contribution is 2.57. The van der Waals surface area contributed by atoms with E-state index in [4.69, 9.17) is 18.9 Å². The zero-order valence-electron chi connectivity index (χ0n) is 11.8. The van der Waals surface area contributed by atoms with E-state index in [1.165, 1.54) is 12.8 Å². The van der Waals surface area contributed by atoms with E-state index in [9.17, 15) is 0 Å². The molecule has 2 saturated carbocycles. The highest BCUT2D eigenvalue weighted by molar-refractivity contribution is 6.12. The Labute approximate surface area is 123 Å². The first kappa shape index (κ1) is 13.7. The van der Waals surface area contributed by atoms with Crippen LogP contribution in [0, 0.1) is 23.7 Å². The van der Waals surface area contributed by atoms with E-state index in [1.54, 1.807) is 0 Å². The van der Waals surface area contributed by atoms with Crippen LogP contribution >= 0.6 is 0 Å². The lowest BCUT2D eigenvalue weighted by molar-refractivity contribution is 0.00333. The minimum Gasteiger partial charge on any atom is -0.378 e. The van der Waals surface area contributed by atoms with Crippen LogP contribution in [0.5, 0.6) is 0 Å². The molecule has 0 aromatic heterocycles. The molecule has 7 atom stereocenters. The topological polar surface area (TPSA) is 43.5 Å². The summed E-state index contributed by atoms with van der Waals surface area (Å²) in [5.41, 5.74) is 0.675. The van der Waals surface area contributed by atoms with Crippen molar-refractivity contribution in [2.24, 2.45) is 23.7 Å². The Morgan fingerprint density at radius 3 is 2.05 bits per heavy atom. The number of fused-ring (bicyclic) bond motifs is 2. The van der Waals surface area contributed by atoms with Crippen molar-refractivity contribution in [1.82, 2.24) is 0 Å². The largest absolute Gasteiger partial charge is 0.378 e. The lowest BCUT2D eigenvalue weighted by Crippen LogP contribution is -2.33. The van der Waals surface area contributed by atoms with Crippen molar-refractivity contribution in [1.29, 1.82) is 0 Å². The summed E-state index contributed by atoms with van der Waals surface area (Å²) in [4.78, 5) is 0. The normalized spacial score (nSPS) is 48.8. The smallest absolute Gasteiger partial charge is 0.104 e. The first-order valence-corrected chi connectivity index (χ1v) is 8.49. The molecule has 4 rings (SSSR count). The maximum Gasteiger partial charge on any atom is 0.104 e. The van der Waals surface area contributed by atoms with Gasteiger partial charge in [0.25, 0.3) is 0 Å². The van der Waals surface area contributed by atoms with Gasteiger partial charge in [0, 0.05) is 10.2 Å². The van der Waals surface area contributed by atoms with Gasteiger partial charge in [-0.2, -0.15) is 0 Å². The zero-order valence-corrected chi connectivity index (χ0v) is 12.8. The lowest BCUT2D eigenvalue weighted by Gasteiger charge is -2.34. The van der Waals surface area contributed by atoms with E-state index in [0.29, 0.717) is 29.6 Å². The van der Waals surface area contributed by atoms with E-state index in [1.807, 2.05) is 0 Å². The minimum absolute atomic E-state index is 0.370. The second-order valence-electron chi connectivity index (χ2n) is 6.82. The summed E-state index contributed by atoms with van der Waals surface area (Å²) in [5.74, 6) is 2.90. The molecule has 3 radical (unpaired) electrons. The predicted molar refractivity (Wildman–Crippen MR) is 73.8 cm³/mol. The number of rotatable bonds is 8. The van der Waals surface area contributed by atoms with Gasteiger partial charge in [-0.1, -0.05) is 6.42 Å². The van der Waals surface area contributed by atoms with Crippen LogP contribution in [0.2, 0.25) is 5.54 Å². The van der Waals surface area contributed by atoms with Crippen LogP contribution in [0.25, 0.3) is 0 Å². The monoisotopic (exact) mass is 295 g/mol. The lowest BCUT2D eigenvalue weighted by atomic mass is 9.80. The predicted octanol–water partition coefficient (Wildman–Crippen LogP) is 1.05. The molecule has 4 aliphatic rings. The summed E-state index contributed by atoms with van der Waals surface area (Å²) < 4.78 is 22.2. The second-order valence-corrected chi connectivity index (χ2v) is 7.56. The van der Waals surface area contributed by atoms with Crippen molar-refractivity contribution in [3.8, 4) is 0 Å². The van der Waals surface area contributed by atoms with E-state index in [2.05, 4.69) is 10.2 Å². The Hall–Kier alpha value is 0.0569. The van der Waals surface area contributed by atoms with E-state index >= 15 is 0 Å². The highest BCUT2D eigenvalue weighted by atomic mass is 28.1. The third-order valence-corrected chi connectivity index (χ3v) is 6.05. The van der Waals surface area contributed by atoms with E-state index in [-0.39, 0.29) is 0 Å². The summed E-state index contributed by atoms with van der Waals surface area (Å²) in [7, 11) is 3.91. The summed E-state index contributed by atoms with van der Waals surface area (Å²) in [6, 6.07) is 0. The van der Waals surface area contributed by atoms with Crippen LogP contribution in [0.4, 0.5) is 0 Å². The number of hydrogen-bond donors (Lipinski definition) is 0. The number of ether oxygens (including phenoxy) is 4. The van der Waals surface area contributed by atoms with Gasteiger partial charge in [-0.15, -0.1) is 0 Å². The van der Waals surface area contributed by atoms with Gasteiger partial charge >= 0.3 is 0 Å². The SMILES string of the molecule is [Si]C1CC2CC1C(COCC1CO1)C2COCC1CO1. The van der Waals surface area contributed by atoms with Crippen molar-refractivity contribution in [3.05, 3.63) is 0 Å². The standard InChI is InChI=1S/C15H23O4Si/c20-15-2-9-1-12(15)14(8-17-4-11-6-19-11)13(9)7-16-3-10-5-18-10/h9-15H,1-8H2. The molecule has 0 N–H and O–H groups in total.